The molecule has 0 saturated carbocycles. The van der Waals surface area contributed by atoms with Crippen LogP contribution in [0, 0.1) is 0 Å². The molecule has 1 rings (SSSR count). The Balaban J connectivity index is 2.95. The van der Waals surface area contributed by atoms with Crippen LogP contribution < -0.4 is 0 Å². The Kier molecular flexibility index (Phi) is 3.61. The number of rotatable bonds is 2. The quantitative estimate of drug-likeness (QED) is 0.729. The van der Waals surface area contributed by atoms with Crippen molar-refractivity contribution >= 4 is 23.4 Å². The molecule has 0 saturated heterocycles. The van der Waals surface area contributed by atoms with E-state index in [4.69, 9.17) is 11.6 Å². The van der Waals surface area contributed by atoms with Crippen LogP contribution in [-0.2, 0) is 4.75 Å². The van der Waals surface area contributed by atoms with E-state index in [0.717, 1.165) is 0 Å². The highest BCUT2D eigenvalue weighted by atomic mass is 35.5. The van der Waals surface area contributed by atoms with Crippen molar-refractivity contribution in [2.75, 3.05) is 0 Å². The van der Waals surface area contributed by atoms with Crippen LogP contribution in [0.5, 0.6) is 0 Å². The van der Waals surface area contributed by atoms with Crippen molar-refractivity contribution < 1.29 is 13.2 Å². The van der Waals surface area contributed by atoms with E-state index in [2.05, 4.69) is 0 Å². The zero-order valence-electron chi connectivity index (χ0n) is 8.23. The molecule has 15 heavy (non-hydrogen) atoms. The van der Waals surface area contributed by atoms with Crippen molar-refractivity contribution in [3.05, 3.63) is 34.9 Å². The third kappa shape index (κ3) is 3.95. The topological polar surface area (TPSA) is 0 Å². The maximum atomic E-state index is 12.3. The number of hydrogen-bond donors (Lipinski definition) is 0. The molecule has 0 unspecified atom stereocenters. The number of hydrogen-bond acceptors (Lipinski definition) is 1. The molecule has 0 N–H and O–H groups in total. The van der Waals surface area contributed by atoms with E-state index in [1.807, 2.05) is 0 Å². The molecule has 0 fully saturated rings. The molecule has 0 aromatic heterocycles. The zero-order chi connectivity index (χ0) is 11.7. The van der Waals surface area contributed by atoms with E-state index < -0.39 is 10.3 Å². The molecular weight excluding hydrogens is 245 g/mol. The highest BCUT2D eigenvalue weighted by Gasteiger charge is 2.38. The van der Waals surface area contributed by atoms with Gasteiger partial charge in [-0.25, -0.2) is 0 Å². The largest absolute Gasteiger partial charge is 0.442 e. The molecule has 5 heteroatoms. The molecule has 0 aliphatic rings. The highest BCUT2D eigenvalue weighted by Crippen LogP contribution is 2.46. The summed E-state index contributed by atoms with van der Waals surface area (Å²) in [6, 6.07) is 6.49. The van der Waals surface area contributed by atoms with Gasteiger partial charge in [-0.2, -0.15) is 13.2 Å². The minimum Gasteiger partial charge on any atom is -0.160 e. The second-order valence-electron chi connectivity index (χ2n) is 3.57. The van der Waals surface area contributed by atoms with Crippen LogP contribution in [0.4, 0.5) is 13.2 Å². The summed E-state index contributed by atoms with van der Waals surface area (Å²) in [6.45, 7) is 3.05. The Hall–Kier alpha value is -0.350. The lowest BCUT2D eigenvalue weighted by Gasteiger charge is -2.25. The normalized spacial score (nSPS) is 12.9. The molecule has 84 valence electrons. The molecule has 1 aromatic rings. The minimum atomic E-state index is -4.24. The average molecular weight is 255 g/mol. The fraction of sp³-hybridized carbons (Fsp3) is 0.400. The van der Waals surface area contributed by atoms with Gasteiger partial charge in [0.1, 0.15) is 0 Å². The van der Waals surface area contributed by atoms with E-state index in [-0.39, 0.29) is 11.8 Å². The van der Waals surface area contributed by atoms with Gasteiger partial charge in [0.2, 0.25) is 0 Å². The van der Waals surface area contributed by atoms with Crippen LogP contribution in [0.25, 0.3) is 0 Å². The van der Waals surface area contributed by atoms with Gasteiger partial charge < -0.3 is 0 Å². The third-order valence-electron chi connectivity index (χ3n) is 1.89. The molecule has 0 nitrogen and oxygen atoms in total. The van der Waals surface area contributed by atoms with Crippen molar-refractivity contribution in [3.63, 3.8) is 0 Å². The van der Waals surface area contributed by atoms with Gasteiger partial charge in [-0.05, 0) is 43.3 Å². The van der Waals surface area contributed by atoms with E-state index in [1.165, 1.54) is 13.8 Å². The van der Waals surface area contributed by atoms with Crippen molar-refractivity contribution in [2.24, 2.45) is 0 Å². The van der Waals surface area contributed by atoms with Gasteiger partial charge >= 0.3 is 5.51 Å². The van der Waals surface area contributed by atoms with E-state index in [0.29, 0.717) is 10.6 Å². The summed E-state index contributed by atoms with van der Waals surface area (Å²) >= 11 is 5.69. The highest BCUT2D eigenvalue weighted by molar-refractivity contribution is 8.01. The summed E-state index contributed by atoms with van der Waals surface area (Å²) < 4.78 is 35.8. The molecule has 0 aliphatic carbocycles. The van der Waals surface area contributed by atoms with Gasteiger partial charge in [-0.15, -0.1) is 0 Å². The predicted octanol–water partition coefficient (Wildman–Crippen LogP) is 4.83. The van der Waals surface area contributed by atoms with E-state index >= 15 is 0 Å². The van der Waals surface area contributed by atoms with Crippen LogP contribution in [0.3, 0.4) is 0 Å². The molecule has 0 bridgehead atoms. The Labute approximate surface area is 95.8 Å². The Morgan fingerprint density at radius 2 is 1.80 bits per heavy atom. The minimum absolute atomic E-state index is 0.0378. The average Bonchev–Trinajstić information content (AvgIpc) is 1.99. The van der Waals surface area contributed by atoms with Crippen LogP contribution in [0.2, 0.25) is 5.02 Å². The standard InChI is InChI=1S/C10H10ClF3S/c1-9(2,15-10(12,13)14)7-4-3-5-8(11)6-7/h3-6H,1-2H3. The van der Waals surface area contributed by atoms with Crippen molar-refractivity contribution in [2.45, 2.75) is 24.1 Å². The van der Waals surface area contributed by atoms with Gasteiger partial charge in [0.25, 0.3) is 0 Å². The van der Waals surface area contributed by atoms with Crippen LogP contribution in [0.1, 0.15) is 19.4 Å². The lowest BCUT2D eigenvalue weighted by molar-refractivity contribution is -0.0341. The number of halogens is 4. The maximum absolute atomic E-state index is 12.3. The lowest BCUT2D eigenvalue weighted by Crippen LogP contribution is -2.18. The fourth-order valence-electron chi connectivity index (χ4n) is 1.21. The fourth-order valence-corrected chi connectivity index (χ4v) is 2.22. The van der Waals surface area contributed by atoms with Crippen molar-refractivity contribution in [3.8, 4) is 0 Å². The van der Waals surface area contributed by atoms with E-state index in [1.54, 1.807) is 24.3 Å². The molecule has 0 spiro atoms. The SMILES string of the molecule is CC(C)(SC(F)(F)F)c1cccc(Cl)c1. The molecule has 0 radical (unpaired) electrons. The van der Waals surface area contributed by atoms with Gasteiger partial charge in [0.15, 0.2) is 0 Å². The van der Waals surface area contributed by atoms with Gasteiger partial charge in [-0.3, -0.25) is 0 Å². The maximum Gasteiger partial charge on any atom is 0.442 e. The molecule has 0 atom stereocenters. The van der Waals surface area contributed by atoms with Crippen LogP contribution >= 0.6 is 23.4 Å². The first-order valence-electron chi connectivity index (χ1n) is 4.24. The summed E-state index contributed by atoms with van der Waals surface area (Å²) in [5.74, 6) is 0. The Bertz CT molecular complexity index is 347. The monoisotopic (exact) mass is 254 g/mol. The van der Waals surface area contributed by atoms with Crippen LogP contribution in [-0.4, -0.2) is 5.51 Å². The molecule has 0 aliphatic heterocycles. The lowest BCUT2D eigenvalue weighted by atomic mass is 10.0. The smallest absolute Gasteiger partial charge is 0.160 e. The summed E-state index contributed by atoms with van der Waals surface area (Å²) in [5.41, 5.74) is -3.68. The third-order valence-corrected chi connectivity index (χ3v) is 3.10. The second kappa shape index (κ2) is 4.26. The first-order chi connectivity index (χ1) is 6.71. The number of thioether (sulfide) groups is 1. The first kappa shape index (κ1) is 12.7. The van der Waals surface area contributed by atoms with Gasteiger partial charge in [0, 0.05) is 9.77 Å². The number of benzene rings is 1. The predicted molar refractivity (Wildman–Crippen MR) is 58.1 cm³/mol. The second-order valence-corrected chi connectivity index (χ2v) is 5.69. The summed E-state index contributed by atoms with van der Waals surface area (Å²) in [4.78, 5) is 0. The first-order valence-corrected chi connectivity index (χ1v) is 5.43. The Morgan fingerprint density at radius 3 is 2.27 bits per heavy atom. The Morgan fingerprint density at radius 1 is 1.20 bits per heavy atom. The van der Waals surface area contributed by atoms with Crippen LogP contribution in [0.15, 0.2) is 24.3 Å². The number of alkyl halides is 3. The van der Waals surface area contributed by atoms with Crippen molar-refractivity contribution in [1.29, 1.82) is 0 Å². The van der Waals surface area contributed by atoms with Gasteiger partial charge in [0.05, 0.1) is 0 Å². The molecule has 0 heterocycles. The van der Waals surface area contributed by atoms with E-state index in [9.17, 15) is 13.2 Å². The summed E-state index contributed by atoms with van der Waals surface area (Å²) in [7, 11) is 0. The molecule has 0 amide bonds. The molecule has 1 aromatic carbocycles. The summed E-state index contributed by atoms with van der Waals surface area (Å²) in [6.07, 6.45) is 0. The zero-order valence-corrected chi connectivity index (χ0v) is 9.80. The van der Waals surface area contributed by atoms with Crippen molar-refractivity contribution in [1.82, 2.24) is 0 Å². The molecular formula is C10H10ClF3S. The summed E-state index contributed by atoms with van der Waals surface area (Å²) in [5, 5.41) is 0.448. The van der Waals surface area contributed by atoms with Gasteiger partial charge in [-0.1, -0.05) is 23.7 Å².